The molecule has 2 aromatic rings. The average Bonchev–Trinajstić information content (AvgIpc) is 2.88. The van der Waals surface area contributed by atoms with Crippen molar-refractivity contribution >= 4 is 17.2 Å². The molecular weight excluding hydrogens is 294 g/mol. The third-order valence-corrected chi connectivity index (χ3v) is 5.20. The van der Waals surface area contributed by atoms with Crippen molar-refractivity contribution in [2.24, 2.45) is 11.8 Å². The van der Waals surface area contributed by atoms with Gasteiger partial charge >= 0.3 is 0 Å². The molecule has 3 rings (SSSR count). The number of aryl methyl sites for hydroxylation is 1. The number of hydrogen-bond acceptors (Lipinski definition) is 4. The molecule has 5 heteroatoms. The molecule has 1 aliphatic rings. The first-order valence-corrected chi connectivity index (χ1v) is 8.54. The summed E-state index contributed by atoms with van der Waals surface area (Å²) in [6.45, 7) is 8.04. The van der Waals surface area contributed by atoms with Gasteiger partial charge in [0.2, 0.25) is 0 Å². The zero-order valence-electron chi connectivity index (χ0n) is 13.2. The topological polar surface area (TPSA) is 46.1 Å². The fraction of sp³-hybridized carbons (Fsp3) is 0.471. The molecule has 1 amide bonds. The first-order valence-electron chi connectivity index (χ1n) is 7.72. The van der Waals surface area contributed by atoms with Gasteiger partial charge in [-0.25, -0.2) is 4.98 Å². The maximum atomic E-state index is 12.8. The quantitative estimate of drug-likeness (QED) is 0.850. The van der Waals surface area contributed by atoms with Crippen LogP contribution in [0, 0.1) is 18.8 Å². The molecule has 1 aliphatic heterocycles. The third-order valence-electron chi connectivity index (χ3n) is 4.03. The zero-order valence-corrected chi connectivity index (χ0v) is 14.1. The first kappa shape index (κ1) is 15.2. The Bertz CT molecular complexity index is 658. The van der Waals surface area contributed by atoms with Crippen LogP contribution >= 0.6 is 11.3 Å². The molecule has 2 aromatic heterocycles. The van der Waals surface area contributed by atoms with Crippen LogP contribution in [-0.2, 0) is 0 Å². The third kappa shape index (κ3) is 3.04. The molecule has 0 spiro atoms. The van der Waals surface area contributed by atoms with Crippen LogP contribution in [0.25, 0.3) is 10.7 Å². The van der Waals surface area contributed by atoms with E-state index < -0.39 is 0 Å². The molecule has 1 saturated heterocycles. The average molecular weight is 315 g/mol. The minimum atomic E-state index is 0.121. The highest BCUT2D eigenvalue weighted by molar-refractivity contribution is 7.17. The lowest BCUT2D eigenvalue weighted by Gasteiger charge is -2.34. The molecule has 2 unspecified atom stereocenters. The lowest BCUT2D eigenvalue weighted by molar-refractivity contribution is 0.0627. The summed E-state index contributed by atoms with van der Waals surface area (Å²) in [5.41, 5.74) is 1.64. The van der Waals surface area contributed by atoms with Gasteiger partial charge in [-0.05, 0) is 37.3 Å². The summed E-state index contributed by atoms with van der Waals surface area (Å²) in [5.74, 6) is 1.25. The molecular formula is C17H21N3OS. The van der Waals surface area contributed by atoms with E-state index in [1.165, 1.54) is 17.8 Å². The SMILES string of the molecule is Cc1nc(-c2ccccn2)sc1C(=O)N1CC(C)CC(C)C1. The number of pyridine rings is 1. The molecule has 0 aliphatic carbocycles. The van der Waals surface area contributed by atoms with Gasteiger partial charge in [-0.1, -0.05) is 19.9 Å². The molecule has 0 N–H and O–H groups in total. The molecule has 2 atom stereocenters. The van der Waals surface area contributed by atoms with Gasteiger partial charge in [0.15, 0.2) is 0 Å². The summed E-state index contributed by atoms with van der Waals surface area (Å²) in [5, 5.41) is 0.819. The Labute approximate surface area is 135 Å². The number of aromatic nitrogens is 2. The molecule has 0 saturated carbocycles. The van der Waals surface area contributed by atoms with Crippen molar-refractivity contribution in [1.82, 2.24) is 14.9 Å². The minimum Gasteiger partial charge on any atom is -0.337 e. The van der Waals surface area contributed by atoms with Gasteiger partial charge in [0.25, 0.3) is 5.91 Å². The van der Waals surface area contributed by atoms with E-state index in [2.05, 4.69) is 23.8 Å². The van der Waals surface area contributed by atoms with Crippen molar-refractivity contribution < 1.29 is 4.79 Å². The number of carbonyl (C=O) groups excluding carboxylic acids is 1. The van der Waals surface area contributed by atoms with E-state index in [1.54, 1.807) is 6.20 Å². The van der Waals surface area contributed by atoms with Gasteiger partial charge in [-0.15, -0.1) is 11.3 Å². The summed E-state index contributed by atoms with van der Waals surface area (Å²) in [6, 6.07) is 5.75. The standard InChI is InChI=1S/C17H21N3OS/c1-11-8-12(2)10-20(9-11)17(21)15-13(3)19-16(22-15)14-6-4-5-7-18-14/h4-7,11-12H,8-10H2,1-3H3. The summed E-state index contributed by atoms with van der Waals surface area (Å²) in [4.78, 5) is 24.4. The summed E-state index contributed by atoms with van der Waals surface area (Å²) >= 11 is 1.45. The molecule has 22 heavy (non-hydrogen) atoms. The van der Waals surface area contributed by atoms with Crippen LogP contribution < -0.4 is 0 Å². The summed E-state index contributed by atoms with van der Waals surface area (Å²) in [6.07, 6.45) is 2.95. The Morgan fingerprint density at radius 1 is 1.27 bits per heavy atom. The van der Waals surface area contributed by atoms with Crippen molar-refractivity contribution in [3.63, 3.8) is 0 Å². The van der Waals surface area contributed by atoms with Gasteiger partial charge in [-0.2, -0.15) is 0 Å². The van der Waals surface area contributed by atoms with Crippen molar-refractivity contribution in [1.29, 1.82) is 0 Å². The van der Waals surface area contributed by atoms with E-state index >= 15 is 0 Å². The van der Waals surface area contributed by atoms with Crippen LogP contribution in [0.3, 0.4) is 0 Å². The second kappa shape index (κ2) is 6.16. The van der Waals surface area contributed by atoms with E-state index in [0.717, 1.165) is 34.4 Å². The lowest BCUT2D eigenvalue weighted by Crippen LogP contribution is -2.42. The fourth-order valence-corrected chi connectivity index (χ4v) is 4.18. The second-order valence-electron chi connectivity index (χ2n) is 6.30. The predicted molar refractivity (Wildman–Crippen MR) is 88.9 cm³/mol. The number of likely N-dealkylation sites (tertiary alicyclic amines) is 1. The lowest BCUT2D eigenvalue weighted by atomic mass is 9.92. The molecule has 4 nitrogen and oxygen atoms in total. The molecule has 0 bridgehead atoms. The molecule has 0 aromatic carbocycles. The number of carbonyl (C=O) groups is 1. The van der Waals surface area contributed by atoms with Crippen molar-refractivity contribution in [3.05, 3.63) is 35.0 Å². The van der Waals surface area contributed by atoms with Crippen LogP contribution in [0.2, 0.25) is 0 Å². The van der Waals surface area contributed by atoms with Gasteiger partial charge in [0.05, 0.1) is 11.4 Å². The second-order valence-corrected chi connectivity index (χ2v) is 7.30. The van der Waals surface area contributed by atoms with Crippen molar-refractivity contribution in [3.8, 4) is 10.7 Å². The summed E-state index contributed by atoms with van der Waals surface area (Å²) < 4.78 is 0. The van der Waals surface area contributed by atoms with Crippen LogP contribution in [0.1, 0.15) is 35.6 Å². The van der Waals surface area contributed by atoms with Gasteiger partial charge < -0.3 is 4.90 Å². The fourth-order valence-electron chi connectivity index (χ4n) is 3.17. The smallest absolute Gasteiger partial charge is 0.265 e. The van der Waals surface area contributed by atoms with Gasteiger partial charge in [0, 0.05) is 19.3 Å². The summed E-state index contributed by atoms with van der Waals surface area (Å²) in [7, 11) is 0. The van der Waals surface area contributed by atoms with Crippen LogP contribution in [0.15, 0.2) is 24.4 Å². The van der Waals surface area contributed by atoms with Crippen LogP contribution in [0.4, 0.5) is 0 Å². The van der Waals surface area contributed by atoms with Gasteiger partial charge in [0.1, 0.15) is 9.88 Å². The van der Waals surface area contributed by atoms with E-state index in [4.69, 9.17) is 0 Å². The Morgan fingerprint density at radius 2 is 2.00 bits per heavy atom. The maximum absolute atomic E-state index is 12.8. The van der Waals surface area contributed by atoms with E-state index in [0.29, 0.717) is 11.8 Å². The number of amides is 1. The molecule has 116 valence electrons. The Hall–Kier alpha value is -1.75. The van der Waals surface area contributed by atoms with Crippen molar-refractivity contribution in [2.75, 3.05) is 13.1 Å². The van der Waals surface area contributed by atoms with Crippen LogP contribution in [0.5, 0.6) is 0 Å². The number of nitrogens with zero attached hydrogens (tertiary/aromatic N) is 3. The maximum Gasteiger partial charge on any atom is 0.265 e. The normalized spacial score (nSPS) is 21.9. The highest BCUT2D eigenvalue weighted by Gasteiger charge is 2.28. The monoisotopic (exact) mass is 315 g/mol. The number of thiazole rings is 1. The van der Waals surface area contributed by atoms with Crippen LogP contribution in [-0.4, -0.2) is 33.9 Å². The highest BCUT2D eigenvalue weighted by atomic mass is 32.1. The number of piperidine rings is 1. The highest BCUT2D eigenvalue weighted by Crippen LogP contribution is 2.29. The predicted octanol–water partition coefficient (Wildman–Crippen LogP) is 3.63. The molecule has 3 heterocycles. The van der Waals surface area contributed by atoms with E-state index in [9.17, 15) is 4.79 Å². The van der Waals surface area contributed by atoms with E-state index in [-0.39, 0.29) is 5.91 Å². The Kier molecular flexibility index (Phi) is 4.25. The number of rotatable bonds is 2. The molecule has 1 fully saturated rings. The minimum absolute atomic E-state index is 0.121. The number of hydrogen-bond donors (Lipinski definition) is 0. The first-order chi connectivity index (χ1) is 10.5. The molecule has 0 radical (unpaired) electrons. The largest absolute Gasteiger partial charge is 0.337 e. The Balaban J connectivity index is 1.86. The zero-order chi connectivity index (χ0) is 15.7. The van der Waals surface area contributed by atoms with Gasteiger partial charge in [-0.3, -0.25) is 9.78 Å². The Morgan fingerprint density at radius 3 is 2.64 bits per heavy atom. The van der Waals surface area contributed by atoms with E-state index in [1.807, 2.05) is 30.0 Å². The van der Waals surface area contributed by atoms with Crippen molar-refractivity contribution in [2.45, 2.75) is 27.2 Å².